The summed E-state index contributed by atoms with van der Waals surface area (Å²) < 4.78 is 7.53. The summed E-state index contributed by atoms with van der Waals surface area (Å²) >= 11 is 0. The number of rotatable bonds is 3. The molecule has 1 aliphatic heterocycles. The fourth-order valence-electron chi connectivity index (χ4n) is 3.11. The van der Waals surface area contributed by atoms with Crippen LogP contribution in [-0.4, -0.2) is 15.7 Å². The Morgan fingerprint density at radius 3 is 2.92 bits per heavy atom. The number of hydrogen-bond acceptors (Lipinski definition) is 3. The number of hydrogen-bond donors (Lipinski definition) is 1. The van der Waals surface area contributed by atoms with E-state index in [2.05, 4.69) is 16.5 Å². The number of amides is 1. The molecule has 1 aromatic heterocycles. The second kappa shape index (κ2) is 6.09. The number of benzene rings is 2. The van der Waals surface area contributed by atoms with Gasteiger partial charge in [-0.1, -0.05) is 29.8 Å². The lowest BCUT2D eigenvalue weighted by Gasteiger charge is -2.20. The van der Waals surface area contributed by atoms with Gasteiger partial charge in [-0.3, -0.25) is 9.48 Å². The van der Waals surface area contributed by atoms with Crippen LogP contribution in [0.15, 0.2) is 48.7 Å². The zero-order valence-corrected chi connectivity index (χ0v) is 14.2. The second-order valence-corrected chi connectivity index (χ2v) is 6.33. The van der Waals surface area contributed by atoms with Gasteiger partial charge in [0.1, 0.15) is 18.9 Å². The number of aryl methyl sites for hydroxylation is 2. The number of ether oxygens (including phenoxy) is 1. The first-order valence-corrected chi connectivity index (χ1v) is 8.26. The van der Waals surface area contributed by atoms with Gasteiger partial charge in [0.15, 0.2) is 0 Å². The Morgan fingerprint density at radius 1 is 1.24 bits per heavy atom. The van der Waals surface area contributed by atoms with Crippen LogP contribution in [0, 0.1) is 13.8 Å². The molecule has 5 heteroatoms. The quantitative estimate of drug-likeness (QED) is 0.795. The average Bonchev–Trinajstić information content (AvgIpc) is 3.00. The van der Waals surface area contributed by atoms with Gasteiger partial charge in [0.2, 0.25) is 5.91 Å². The third-order valence-electron chi connectivity index (χ3n) is 4.40. The van der Waals surface area contributed by atoms with Crippen molar-refractivity contribution in [2.75, 3.05) is 5.32 Å². The molecule has 0 unspecified atom stereocenters. The highest BCUT2D eigenvalue weighted by atomic mass is 16.5. The predicted octanol–water partition coefficient (Wildman–Crippen LogP) is 3.70. The molecule has 0 aliphatic carbocycles. The molecule has 3 aromatic rings. The molecule has 0 fully saturated rings. The maximum Gasteiger partial charge on any atom is 0.246 e. The predicted molar refractivity (Wildman–Crippen MR) is 96.5 cm³/mol. The van der Waals surface area contributed by atoms with Crippen molar-refractivity contribution in [1.82, 2.24) is 9.78 Å². The fourth-order valence-corrected chi connectivity index (χ4v) is 3.11. The standard InChI is InChI=1S/C20H19N3O2/c1-13-7-8-18-16(9-13)20-15(12-25-18)10-21-23(20)11-19(24)22-17-6-4-3-5-14(17)2/h3-10H,11-12H2,1-2H3,(H,22,24). The van der Waals surface area contributed by atoms with Gasteiger partial charge < -0.3 is 10.1 Å². The largest absolute Gasteiger partial charge is 0.488 e. The van der Waals surface area contributed by atoms with E-state index in [0.29, 0.717) is 6.61 Å². The molecule has 2 aromatic carbocycles. The van der Waals surface area contributed by atoms with Crippen LogP contribution in [0.2, 0.25) is 0 Å². The summed E-state index contributed by atoms with van der Waals surface area (Å²) in [6, 6.07) is 13.8. The number of aromatic nitrogens is 2. The Balaban J connectivity index is 1.62. The Labute approximate surface area is 146 Å². The first-order valence-electron chi connectivity index (χ1n) is 8.26. The van der Waals surface area contributed by atoms with E-state index >= 15 is 0 Å². The molecular weight excluding hydrogens is 314 g/mol. The van der Waals surface area contributed by atoms with Crippen LogP contribution < -0.4 is 10.1 Å². The minimum Gasteiger partial charge on any atom is -0.488 e. The zero-order valence-electron chi connectivity index (χ0n) is 14.2. The summed E-state index contributed by atoms with van der Waals surface area (Å²) in [5.74, 6) is 0.736. The lowest BCUT2D eigenvalue weighted by molar-refractivity contribution is -0.116. The summed E-state index contributed by atoms with van der Waals surface area (Å²) in [5, 5.41) is 7.37. The lowest BCUT2D eigenvalue weighted by Crippen LogP contribution is -2.21. The summed E-state index contributed by atoms with van der Waals surface area (Å²) in [6.07, 6.45) is 1.78. The van der Waals surface area contributed by atoms with E-state index in [9.17, 15) is 4.79 Å². The molecule has 126 valence electrons. The van der Waals surface area contributed by atoms with Crippen molar-refractivity contribution in [3.05, 3.63) is 65.4 Å². The maximum absolute atomic E-state index is 12.5. The molecule has 0 bridgehead atoms. The SMILES string of the molecule is Cc1ccc2c(c1)-c1c(cnn1CC(=O)Nc1ccccc1C)CO2. The van der Waals surface area contributed by atoms with E-state index in [1.807, 2.05) is 50.2 Å². The minimum absolute atomic E-state index is 0.0964. The Morgan fingerprint density at radius 2 is 2.08 bits per heavy atom. The molecular formula is C20H19N3O2. The highest BCUT2D eigenvalue weighted by molar-refractivity contribution is 5.91. The van der Waals surface area contributed by atoms with Gasteiger partial charge in [0, 0.05) is 16.8 Å². The Kier molecular flexibility index (Phi) is 3.76. The highest BCUT2D eigenvalue weighted by Crippen LogP contribution is 2.37. The number of carbonyl (C=O) groups excluding carboxylic acids is 1. The van der Waals surface area contributed by atoms with Gasteiger partial charge in [-0.05, 0) is 37.6 Å². The highest BCUT2D eigenvalue weighted by Gasteiger charge is 2.23. The summed E-state index contributed by atoms with van der Waals surface area (Å²) in [7, 11) is 0. The van der Waals surface area contributed by atoms with Crippen LogP contribution >= 0.6 is 0 Å². The van der Waals surface area contributed by atoms with Gasteiger partial charge in [-0.25, -0.2) is 0 Å². The van der Waals surface area contributed by atoms with Gasteiger partial charge in [0.25, 0.3) is 0 Å². The normalized spacial score (nSPS) is 12.1. The first kappa shape index (κ1) is 15.4. The molecule has 4 rings (SSSR count). The molecule has 1 amide bonds. The molecule has 25 heavy (non-hydrogen) atoms. The molecule has 5 nitrogen and oxygen atoms in total. The van der Waals surface area contributed by atoms with Crippen LogP contribution in [0.5, 0.6) is 5.75 Å². The monoisotopic (exact) mass is 333 g/mol. The number of nitrogens with zero attached hydrogens (tertiary/aromatic N) is 2. The minimum atomic E-state index is -0.0964. The molecule has 0 atom stereocenters. The van der Waals surface area contributed by atoms with Gasteiger partial charge in [0.05, 0.1) is 11.9 Å². The average molecular weight is 333 g/mol. The third-order valence-corrected chi connectivity index (χ3v) is 4.40. The van der Waals surface area contributed by atoms with Crippen LogP contribution in [-0.2, 0) is 17.9 Å². The number of para-hydroxylation sites is 1. The van der Waals surface area contributed by atoms with Crippen molar-refractivity contribution in [2.24, 2.45) is 0 Å². The second-order valence-electron chi connectivity index (χ2n) is 6.33. The van der Waals surface area contributed by atoms with Crippen LogP contribution in [0.1, 0.15) is 16.7 Å². The molecule has 2 heterocycles. The van der Waals surface area contributed by atoms with Crippen molar-refractivity contribution >= 4 is 11.6 Å². The zero-order chi connectivity index (χ0) is 17.4. The number of nitrogens with one attached hydrogen (secondary N) is 1. The van der Waals surface area contributed by atoms with Gasteiger partial charge >= 0.3 is 0 Å². The smallest absolute Gasteiger partial charge is 0.246 e. The van der Waals surface area contributed by atoms with Crippen molar-refractivity contribution in [1.29, 1.82) is 0 Å². The lowest BCUT2D eigenvalue weighted by atomic mass is 10.0. The van der Waals surface area contributed by atoms with E-state index in [0.717, 1.165) is 39.4 Å². The summed E-state index contributed by atoms with van der Waals surface area (Å²) in [5.41, 5.74) is 5.96. The number of fused-ring (bicyclic) bond motifs is 3. The van der Waals surface area contributed by atoms with Crippen LogP contribution in [0.3, 0.4) is 0 Å². The molecule has 1 N–H and O–H groups in total. The molecule has 0 radical (unpaired) electrons. The van der Waals surface area contributed by atoms with Crippen molar-refractivity contribution in [3.8, 4) is 17.0 Å². The van der Waals surface area contributed by atoms with Gasteiger partial charge in [-0.15, -0.1) is 0 Å². The molecule has 0 saturated heterocycles. The van der Waals surface area contributed by atoms with E-state index in [1.54, 1.807) is 10.9 Å². The van der Waals surface area contributed by atoms with Crippen molar-refractivity contribution in [3.63, 3.8) is 0 Å². The van der Waals surface area contributed by atoms with Gasteiger partial charge in [-0.2, -0.15) is 5.10 Å². The molecule has 0 spiro atoms. The van der Waals surface area contributed by atoms with Crippen LogP contribution in [0.4, 0.5) is 5.69 Å². The molecule has 1 aliphatic rings. The third kappa shape index (κ3) is 2.89. The Hall–Kier alpha value is -3.08. The topological polar surface area (TPSA) is 56.2 Å². The first-order chi connectivity index (χ1) is 12.1. The van der Waals surface area contributed by atoms with E-state index < -0.39 is 0 Å². The van der Waals surface area contributed by atoms with Crippen LogP contribution in [0.25, 0.3) is 11.3 Å². The summed E-state index contributed by atoms with van der Waals surface area (Å²) in [4.78, 5) is 12.5. The van der Waals surface area contributed by atoms with Crippen molar-refractivity contribution in [2.45, 2.75) is 27.0 Å². The van der Waals surface area contributed by atoms with E-state index in [4.69, 9.17) is 4.74 Å². The Bertz CT molecular complexity index is 959. The molecule has 0 saturated carbocycles. The van der Waals surface area contributed by atoms with Crippen molar-refractivity contribution < 1.29 is 9.53 Å². The number of carbonyl (C=O) groups is 1. The number of anilines is 1. The fraction of sp³-hybridized carbons (Fsp3) is 0.200. The maximum atomic E-state index is 12.5. The van der Waals surface area contributed by atoms with E-state index in [-0.39, 0.29) is 12.5 Å². The van der Waals surface area contributed by atoms with E-state index in [1.165, 1.54) is 0 Å². The summed E-state index contributed by atoms with van der Waals surface area (Å²) in [6.45, 7) is 4.66.